The van der Waals surface area contributed by atoms with Crippen molar-refractivity contribution in [3.05, 3.63) is 71.0 Å². The molecule has 40 heavy (non-hydrogen) atoms. The number of nitrogens with one attached hydrogen (secondary N) is 1. The highest BCUT2D eigenvalue weighted by molar-refractivity contribution is 6.07. The Labute approximate surface area is 234 Å². The number of ether oxygens (including phenoxy) is 1. The molecule has 10 heteroatoms. The van der Waals surface area contributed by atoms with Crippen molar-refractivity contribution in [2.75, 3.05) is 57.7 Å². The van der Waals surface area contributed by atoms with Gasteiger partial charge in [-0.15, -0.1) is 0 Å². The van der Waals surface area contributed by atoms with Crippen molar-refractivity contribution in [1.82, 2.24) is 20.0 Å². The second kappa shape index (κ2) is 11.5. The van der Waals surface area contributed by atoms with Crippen molar-refractivity contribution in [1.29, 1.82) is 0 Å². The fourth-order valence-corrected chi connectivity index (χ4v) is 5.52. The SMILES string of the molecule is COc1ccc(C(c2[nH]nc3c2CCN(c2ccc(N4CCCCC4=O)cc2)C3=O)N(C)C(=O)CN(C)C)cc1. The van der Waals surface area contributed by atoms with Gasteiger partial charge in [0.15, 0.2) is 5.69 Å². The van der Waals surface area contributed by atoms with Gasteiger partial charge in [0, 0.05) is 43.5 Å². The number of methoxy groups -OCH3 is 1. The van der Waals surface area contributed by atoms with Gasteiger partial charge in [-0.2, -0.15) is 5.10 Å². The molecule has 2 aromatic carbocycles. The minimum Gasteiger partial charge on any atom is -0.497 e. The summed E-state index contributed by atoms with van der Waals surface area (Å²) in [6.45, 7) is 1.46. The minimum atomic E-state index is -0.449. The first-order valence-corrected chi connectivity index (χ1v) is 13.6. The number of carbonyl (C=O) groups excluding carboxylic acids is 3. The lowest BCUT2D eigenvalue weighted by Gasteiger charge is -2.32. The first-order valence-electron chi connectivity index (χ1n) is 13.6. The lowest BCUT2D eigenvalue weighted by molar-refractivity contribution is -0.132. The molecule has 1 aromatic heterocycles. The maximum Gasteiger partial charge on any atom is 0.279 e. The van der Waals surface area contributed by atoms with E-state index in [-0.39, 0.29) is 24.3 Å². The predicted octanol–water partition coefficient (Wildman–Crippen LogP) is 3.25. The highest BCUT2D eigenvalue weighted by Gasteiger charge is 2.35. The molecular formula is C30H36N6O4. The molecule has 0 radical (unpaired) electrons. The molecule has 1 fully saturated rings. The Morgan fingerprint density at radius 2 is 1.62 bits per heavy atom. The van der Waals surface area contributed by atoms with Crippen molar-refractivity contribution in [2.24, 2.45) is 0 Å². The summed E-state index contributed by atoms with van der Waals surface area (Å²) >= 11 is 0. The van der Waals surface area contributed by atoms with Gasteiger partial charge in [0.2, 0.25) is 11.8 Å². The van der Waals surface area contributed by atoms with E-state index >= 15 is 0 Å². The maximum absolute atomic E-state index is 13.6. The number of benzene rings is 2. The van der Waals surface area contributed by atoms with Gasteiger partial charge in [-0.25, -0.2) is 0 Å². The van der Waals surface area contributed by atoms with Crippen LogP contribution in [0.25, 0.3) is 0 Å². The zero-order chi connectivity index (χ0) is 28.4. The Morgan fingerprint density at radius 3 is 2.25 bits per heavy atom. The summed E-state index contributed by atoms with van der Waals surface area (Å²) in [7, 11) is 7.11. The van der Waals surface area contributed by atoms with E-state index in [0.717, 1.165) is 53.3 Å². The molecule has 0 spiro atoms. The Balaban J connectivity index is 1.43. The predicted molar refractivity (Wildman–Crippen MR) is 153 cm³/mol. The van der Waals surface area contributed by atoms with Crippen LogP contribution in [0.2, 0.25) is 0 Å². The van der Waals surface area contributed by atoms with Gasteiger partial charge in [-0.05, 0) is 75.3 Å². The van der Waals surface area contributed by atoms with Gasteiger partial charge in [0.05, 0.1) is 25.4 Å². The average molecular weight is 545 g/mol. The summed E-state index contributed by atoms with van der Waals surface area (Å²) in [5.41, 5.74) is 4.43. The van der Waals surface area contributed by atoms with Crippen LogP contribution in [0.1, 0.15) is 52.6 Å². The average Bonchev–Trinajstić information content (AvgIpc) is 3.38. The fourth-order valence-electron chi connectivity index (χ4n) is 5.52. The van der Waals surface area contributed by atoms with E-state index in [1.807, 2.05) is 72.4 Å². The zero-order valence-corrected chi connectivity index (χ0v) is 23.5. The summed E-state index contributed by atoms with van der Waals surface area (Å²) in [4.78, 5) is 46.2. The Morgan fingerprint density at radius 1 is 0.950 bits per heavy atom. The van der Waals surface area contributed by atoms with E-state index in [1.54, 1.807) is 24.0 Å². The molecule has 1 saturated heterocycles. The number of fused-ring (bicyclic) bond motifs is 1. The molecule has 1 atom stereocenters. The van der Waals surface area contributed by atoms with Gasteiger partial charge < -0.3 is 24.3 Å². The first-order chi connectivity index (χ1) is 19.3. The lowest BCUT2D eigenvalue weighted by Crippen LogP contribution is -2.40. The van der Waals surface area contributed by atoms with Crippen molar-refractivity contribution in [3.8, 4) is 5.75 Å². The molecule has 5 rings (SSSR count). The molecule has 0 bridgehead atoms. The van der Waals surface area contributed by atoms with Crippen LogP contribution in [0.4, 0.5) is 11.4 Å². The number of likely N-dealkylation sites (N-methyl/N-ethyl adjacent to an activating group) is 2. The van der Waals surface area contributed by atoms with Gasteiger partial charge in [0.1, 0.15) is 5.75 Å². The molecule has 0 aliphatic carbocycles. The number of nitrogens with zero attached hydrogens (tertiary/aromatic N) is 5. The number of aromatic amines is 1. The number of hydrogen-bond donors (Lipinski definition) is 1. The first kappa shape index (κ1) is 27.4. The van der Waals surface area contributed by atoms with Crippen LogP contribution in [0.3, 0.4) is 0 Å². The number of amides is 3. The summed E-state index contributed by atoms with van der Waals surface area (Å²) in [5, 5.41) is 7.57. The molecule has 1 N–H and O–H groups in total. The van der Waals surface area contributed by atoms with Crippen molar-refractivity contribution in [3.63, 3.8) is 0 Å². The molecule has 3 amide bonds. The second-order valence-corrected chi connectivity index (χ2v) is 10.6. The number of carbonyl (C=O) groups is 3. The molecule has 2 aliphatic rings. The van der Waals surface area contributed by atoms with Crippen molar-refractivity contribution >= 4 is 29.1 Å². The van der Waals surface area contributed by atoms with Crippen LogP contribution in [-0.4, -0.2) is 85.6 Å². The van der Waals surface area contributed by atoms with E-state index in [4.69, 9.17) is 4.74 Å². The van der Waals surface area contributed by atoms with Crippen LogP contribution in [-0.2, 0) is 16.0 Å². The number of aromatic nitrogens is 2. The topological polar surface area (TPSA) is 102 Å². The van der Waals surface area contributed by atoms with Crippen LogP contribution >= 0.6 is 0 Å². The van der Waals surface area contributed by atoms with E-state index in [0.29, 0.717) is 25.1 Å². The van der Waals surface area contributed by atoms with Crippen LogP contribution in [0.15, 0.2) is 48.5 Å². The smallest absolute Gasteiger partial charge is 0.279 e. The monoisotopic (exact) mass is 544 g/mol. The van der Waals surface area contributed by atoms with Crippen molar-refractivity contribution in [2.45, 2.75) is 31.7 Å². The minimum absolute atomic E-state index is 0.0507. The normalized spacial score (nSPS) is 16.2. The molecule has 3 aromatic rings. The van der Waals surface area contributed by atoms with Gasteiger partial charge in [0.25, 0.3) is 5.91 Å². The second-order valence-electron chi connectivity index (χ2n) is 10.6. The summed E-state index contributed by atoms with van der Waals surface area (Å²) in [6.07, 6.45) is 3.09. The van der Waals surface area contributed by atoms with E-state index < -0.39 is 6.04 Å². The molecule has 210 valence electrons. The Kier molecular flexibility index (Phi) is 7.88. The standard InChI is InChI=1S/C30H36N6O4/c1-33(2)19-26(38)34(3)29(20-8-14-23(40-4)15-9-20)27-24-16-18-36(30(39)28(24)32-31-27)22-12-10-21(11-13-22)35-17-6-5-7-25(35)37/h8-15,29H,5-7,16-19H2,1-4H3,(H,31,32). The lowest BCUT2D eigenvalue weighted by atomic mass is 9.94. The number of anilines is 2. The third-order valence-electron chi connectivity index (χ3n) is 7.67. The third-order valence-corrected chi connectivity index (χ3v) is 7.67. The highest BCUT2D eigenvalue weighted by atomic mass is 16.5. The maximum atomic E-state index is 13.6. The van der Waals surface area contributed by atoms with Gasteiger partial charge in [-0.3, -0.25) is 19.5 Å². The Bertz CT molecular complexity index is 1380. The fraction of sp³-hybridized carbons (Fsp3) is 0.400. The summed E-state index contributed by atoms with van der Waals surface area (Å²) < 4.78 is 5.33. The summed E-state index contributed by atoms with van der Waals surface area (Å²) in [5.74, 6) is 0.617. The van der Waals surface area contributed by atoms with Crippen LogP contribution < -0.4 is 14.5 Å². The Hall–Kier alpha value is -4.18. The third kappa shape index (κ3) is 5.31. The quantitative estimate of drug-likeness (QED) is 0.467. The molecule has 1 unspecified atom stereocenters. The molecular weight excluding hydrogens is 508 g/mol. The van der Waals surface area contributed by atoms with Gasteiger partial charge >= 0.3 is 0 Å². The molecule has 10 nitrogen and oxygen atoms in total. The highest BCUT2D eigenvalue weighted by Crippen LogP contribution is 2.35. The van der Waals surface area contributed by atoms with E-state index in [1.165, 1.54) is 0 Å². The zero-order valence-electron chi connectivity index (χ0n) is 23.5. The number of H-pyrrole nitrogens is 1. The van der Waals surface area contributed by atoms with E-state index in [9.17, 15) is 14.4 Å². The van der Waals surface area contributed by atoms with Gasteiger partial charge in [-0.1, -0.05) is 12.1 Å². The van der Waals surface area contributed by atoms with Crippen molar-refractivity contribution < 1.29 is 19.1 Å². The van der Waals surface area contributed by atoms with Crippen LogP contribution in [0.5, 0.6) is 5.75 Å². The summed E-state index contributed by atoms with van der Waals surface area (Å²) in [6, 6.07) is 14.7. The molecule has 2 aliphatic heterocycles. The number of hydrogen-bond acceptors (Lipinski definition) is 6. The number of rotatable bonds is 8. The van der Waals surface area contributed by atoms with E-state index in [2.05, 4.69) is 10.2 Å². The van der Waals surface area contributed by atoms with Crippen LogP contribution in [0, 0.1) is 0 Å². The number of piperidine rings is 1. The molecule has 3 heterocycles. The molecule has 0 saturated carbocycles. The largest absolute Gasteiger partial charge is 0.497 e.